The Bertz CT molecular complexity index is 510. The molecule has 2 rings (SSSR count). The first-order valence-electron chi connectivity index (χ1n) is 7.44. The second-order valence-electron chi connectivity index (χ2n) is 4.98. The predicted molar refractivity (Wildman–Crippen MR) is 82.8 cm³/mol. The third-order valence-electron chi connectivity index (χ3n) is 3.28. The van der Waals surface area contributed by atoms with Crippen molar-refractivity contribution in [3.8, 4) is 0 Å². The molecular formula is C18H23NO. The van der Waals surface area contributed by atoms with Gasteiger partial charge in [-0.05, 0) is 30.5 Å². The fourth-order valence-electron chi connectivity index (χ4n) is 2.25. The molecule has 0 aliphatic rings. The molecule has 20 heavy (non-hydrogen) atoms. The predicted octanol–water partition coefficient (Wildman–Crippen LogP) is 4.55. The molecule has 0 N–H and O–H groups in total. The van der Waals surface area contributed by atoms with Crippen LogP contribution in [0.5, 0.6) is 0 Å². The number of rotatable bonds is 7. The average molecular weight is 269 g/mol. The normalized spacial score (nSPS) is 12.3. The van der Waals surface area contributed by atoms with Crippen LogP contribution < -0.4 is 0 Å². The number of hydrogen-bond acceptors (Lipinski definition) is 2. The minimum absolute atomic E-state index is 0.116. The third kappa shape index (κ3) is 4.17. The molecule has 0 saturated carbocycles. The highest BCUT2D eigenvalue weighted by atomic mass is 16.5. The highest BCUT2D eigenvalue weighted by Crippen LogP contribution is 2.20. The number of nitrogens with zero attached hydrogens (tertiary/aromatic N) is 1. The molecule has 0 radical (unpaired) electrons. The molecule has 0 fully saturated rings. The van der Waals surface area contributed by atoms with Crippen LogP contribution in [0.15, 0.2) is 48.5 Å². The van der Waals surface area contributed by atoms with Gasteiger partial charge in [0.1, 0.15) is 0 Å². The van der Waals surface area contributed by atoms with E-state index in [2.05, 4.69) is 56.3 Å². The summed E-state index contributed by atoms with van der Waals surface area (Å²) in [5.41, 5.74) is 3.45. The molecule has 1 heterocycles. The van der Waals surface area contributed by atoms with E-state index in [1.165, 1.54) is 5.56 Å². The van der Waals surface area contributed by atoms with Gasteiger partial charge in [-0.1, -0.05) is 50.2 Å². The lowest BCUT2D eigenvalue weighted by Crippen LogP contribution is -2.07. The van der Waals surface area contributed by atoms with Gasteiger partial charge in [-0.3, -0.25) is 4.98 Å². The van der Waals surface area contributed by atoms with Gasteiger partial charge in [-0.2, -0.15) is 0 Å². The van der Waals surface area contributed by atoms with Gasteiger partial charge in [0, 0.05) is 18.7 Å². The van der Waals surface area contributed by atoms with Crippen molar-refractivity contribution in [3.63, 3.8) is 0 Å². The van der Waals surface area contributed by atoms with Crippen molar-refractivity contribution in [2.75, 3.05) is 6.61 Å². The second kappa shape index (κ2) is 7.81. The van der Waals surface area contributed by atoms with E-state index < -0.39 is 0 Å². The number of benzene rings is 1. The summed E-state index contributed by atoms with van der Waals surface area (Å²) in [5.74, 6) is 0. The van der Waals surface area contributed by atoms with Gasteiger partial charge in [0.2, 0.25) is 0 Å². The first-order chi connectivity index (χ1) is 9.83. The van der Waals surface area contributed by atoms with E-state index in [1.807, 2.05) is 6.07 Å². The molecule has 1 atom stereocenters. The summed E-state index contributed by atoms with van der Waals surface area (Å²) >= 11 is 0. The van der Waals surface area contributed by atoms with Crippen molar-refractivity contribution < 1.29 is 4.74 Å². The van der Waals surface area contributed by atoms with Crippen molar-refractivity contribution in [1.82, 2.24) is 4.98 Å². The zero-order valence-electron chi connectivity index (χ0n) is 12.4. The van der Waals surface area contributed by atoms with Gasteiger partial charge in [0.25, 0.3) is 0 Å². The van der Waals surface area contributed by atoms with E-state index in [-0.39, 0.29) is 6.10 Å². The van der Waals surface area contributed by atoms with Crippen LogP contribution in [0.2, 0.25) is 0 Å². The van der Waals surface area contributed by atoms with Gasteiger partial charge in [-0.25, -0.2) is 0 Å². The van der Waals surface area contributed by atoms with Crippen LogP contribution in [0.1, 0.15) is 49.7 Å². The standard InChI is InChI=1S/C18H23NO/c1-3-13-20-18(4-2)17-12-8-11-16(19-17)14-15-9-6-5-7-10-15/h5-12,18H,3-4,13-14H2,1-2H3. The minimum Gasteiger partial charge on any atom is -0.372 e. The molecule has 2 heteroatoms. The van der Waals surface area contributed by atoms with Crippen molar-refractivity contribution in [2.24, 2.45) is 0 Å². The molecule has 106 valence electrons. The Hall–Kier alpha value is -1.67. The molecule has 0 aliphatic carbocycles. The molecule has 1 aromatic carbocycles. The quantitative estimate of drug-likeness (QED) is 0.735. The van der Waals surface area contributed by atoms with E-state index in [1.54, 1.807) is 0 Å². The lowest BCUT2D eigenvalue weighted by atomic mass is 10.1. The van der Waals surface area contributed by atoms with E-state index in [4.69, 9.17) is 9.72 Å². The summed E-state index contributed by atoms with van der Waals surface area (Å²) in [6.45, 7) is 5.07. The molecule has 0 saturated heterocycles. The van der Waals surface area contributed by atoms with Crippen LogP contribution in [0.3, 0.4) is 0 Å². The summed E-state index contributed by atoms with van der Waals surface area (Å²) in [5, 5.41) is 0. The van der Waals surface area contributed by atoms with Crippen LogP contribution in [0.4, 0.5) is 0 Å². The molecule has 0 amide bonds. The minimum atomic E-state index is 0.116. The molecule has 2 aromatic rings. The Morgan fingerprint density at radius 2 is 1.80 bits per heavy atom. The maximum atomic E-state index is 5.87. The number of ether oxygens (including phenoxy) is 1. The summed E-state index contributed by atoms with van der Waals surface area (Å²) < 4.78 is 5.87. The lowest BCUT2D eigenvalue weighted by molar-refractivity contribution is 0.0474. The highest BCUT2D eigenvalue weighted by molar-refractivity contribution is 5.23. The van der Waals surface area contributed by atoms with Crippen molar-refractivity contribution >= 4 is 0 Å². The Morgan fingerprint density at radius 3 is 2.50 bits per heavy atom. The maximum Gasteiger partial charge on any atom is 0.0992 e. The second-order valence-corrected chi connectivity index (χ2v) is 4.98. The van der Waals surface area contributed by atoms with E-state index in [9.17, 15) is 0 Å². The Morgan fingerprint density at radius 1 is 1.00 bits per heavy atom. The van der Waals surface area contributed by atoms with Gasteiger partial charge in [0.15, 0.2) is 0 Å². The lowest BCUT2D eigenvalue weighted by Gasteiger charge is -2.16. The molecule has 1 aromatic heterocycles. The van der Waals surface area contributed by atoms with E-state index >= 15 is 0 Å². The van der Waals surface area contributed by atoms with E-state index in [0.29, 0.717) is 0 Å². The summed E-state index contributed by atoms with van der Waals surface area (Å²) in [7, 11) is 0. The zero-order valence-corrected chi connectivity index (χ0v) is 12.4. The topological polar surface area (TPSA) is 22.1 Å². The smallest absolute Gasteiger partial charge is 0.0992 e. The average Bonchev–Trinajstić information content (AvgIpc) is 2.49. The molecule has 1 unspecified atom stereocenters. The Labute approximate surface area is 121 Å². The molecule has 0 bridgehead atoms. The summed E-state index contributed by atoms with van der Waals surface area (Å²) in [4.78, 5) is 4.77. The Balaban J connectivity index is 2.10. The van der Waals surface area contributed by atoms with Gasteiger partial charge < -0.3 is 4.74 Å². The van der Waals surface area contributed by atoms with Crippen LogP contribution in [-0.4, -0.2) is 11.6 Å². The Kier molecular flexibility index (Phi) is 5.75. The zero-order chi connectivity index (χ0) is 14.2. The summed E-state index contributed by atoms with van der Waals surface area (Å²) in [6, 6.07) is 16.7. The monoisotopic (exact) mass is 269 g/mol. The van der Waals surface area contributed by atoms with Gasteiger partial charge in [0.05, 0.1) is 11.8 Å². The SMILES string of the molecule is CCCOC(CC)c1cccc(Cc2ccccc2)n1. The van der Waals surface area contributed by atoms with Crippen LogP contribution in [-0.2, 0) is 11.2 Å². The van der Waals surface area contributed by atoms with Crippen molar-refractivity contribution in [3.05, 3.63) is 65.5 Å². The molecule has 2 nitrogen and oxygen atoms in total. The van der Waals surface area contributed by atoms with Crippen LogP contribution in [0.25, 0.3) is 0 Å². The fourth-order valence-corrected chi connectivity index (χ4v) is 2.25. The molecular weight excluding hydrogens is 246 g/mol. The number of aromatic nitrogens is 1. The first-order valence-corrected chi connectivity index (χ1v) is 7.44. The fraction of sp³-hybridized carbons (Fsp3) is 0.389. The summed E-state index contributed by atoms with van der Waals surface area (Å²) in [6.07, 6.45) is 2.99. The molecule has 0 spiro atoms. The number of hydrogen-bond donors (Lipinski definition) is 0. The third-order valence-corrected chi connectivity index (χ3v) is 3.28. The van der Waals surface area contributed by atoms with Crippen molar-refractivity contribution in [2.45, 2.75) is 39.2 Å². The molecule has 0 aliphatic heterocycles. The van der Waals surface area contributed by atoms with Crippen LogP contribution in [0, 0.1) is 0 Å². The van der Waals surface area contributed by atoms with E-state index in [0.717, 1.165) is 37.3 Å². The highest BCUT2D eigenvalue weighted by Gasteiger charge is 2.11. The first kappa shape index (κ1) is 14.7. The maximum absolute atomic E-state index is 5.87. The van der Waals surface area contributed by atoms with Crippen molar-refractivity contribution in [1.29, 1.82) is 0 Å². The van der Waals surface area contributed by atoms with Gasteiger partial charge >= 0.3 is 0 Å². The van der Waals surface area contributed by atoms with Gasteiger partial charge in [-0.15, -0.1) is 0 Å². The number of pyridine rings is 1. The largest absolute Gasteiger partial charge is 0.372 e. The van der Waals surface area contributed by atoms with Crippen LogP contribution >= 0.6 is 0 Å².